The van der Waals surface area contributed by atoms with Crippen molar-refractivity contribution in [3.05, 3.63) is 95.0 Å². The minimum atomic E-state index is -4.03. The topological polar surface area (TPSA) is 104 Å². The molecule has 0 bridgehead atoms. The summed E-state index contributed by atoms with van der Waals surface area (Å²) < 4.78 is 32.1. The van der Waals surface area contributed by atoms with E-state index in [-0.39, 0.29) is 16.6 Å². The normalized spacial score (nSPS) is 11.3. The van der Waals surface area contributed by atoms with Crippen LogP contribution in [-0.2, 0) is 10.0 Å². The van der Waals surface area contributed by atoms with Crippen molar-refractivity contribution in [2.24, 2.45) is 0 Å². The molecule has 1 aromatic heterocycles. The number of hydrogen-bond donors (Lipinski definition) is 1. The van der Waals surface area contributed by atoms with Gasteiger partial charge < -0.3 is 10.5 Å². The number of carbonyl (C=O) groups excluding carboxylic acids is 1. The molecule has 4 rings (SSSR count). The number of esters is 1. The summed E-state index contributed by atoms with van der Waals surface area (Å²) in [6.07, 6.45) is 0. The summed E-state index contributed by atoms with van der Waals surface area (Å²) in [5, 5.41) is 3.86. The van der Waals surface area contributed by atoms with Crippen molar-refractivity contribution < 1.29 is 17.9 Å². The minimum Gasteiger partial charge on any atom is -0.402 e. The molecule has 0 unspecified atom stereocenters. The van der Waals surface area contributed by atoms with Crippen molar-refractivity contribution in [2.75, 3.05) is 5.73 Å². The molecule has 156 valence electrons. The Labute approximate surface area is 187 Å². The Kier molecular flexibility index (Phi) is 5.62. The fourth-order valence-electron chi connectivity index (χ4n) is 2.89. The van der Waals surface area contributed by atoms with Gasteiger partial charge in [0.15, 0.2) is 0 Å². The summed E-state index contributed by atoms with van der Waals surface area (Å²) in [6, 6.07) is 23.8. The van der Waals surface area contributed by atoms with E-state index in [1.54, 1.807) is 36.4 Å². The smallest absolute Gasteiger partial charge is 0.344 e. The van der Waals surface area contributed by atoms with Gasteiger partial charge in [0.25, 0.3) is 10.0 Å². The lowest BCUT2D eigenvalue weighted by Crippen LogP contribution is -2.17. The van der Waals surface area contributed by atoms with Crippen molar-refractivity contribution in [3.8, 4) is 17.0 Å². The van der Waals surface area contributed by atoms with E-state index >= 15 is 0 Å². The Morgan fingerprint density at radius 1 is 0.903 bits per heavy atom. The van der Waals surface area contributed by atoms with Gasteiger partial charge in [-0.15, -0.1) is 9.19 Å². The summed E-state index contributed by atoms with van der Waals surface area (Å²) in [5.41, 5.74) is 8.08. The fourth-order valence-corrected chi connectivity index (χ4v) is 4.35. The van der Waals surface area contributed by atoms with Crippen LogP contribution in [0, 0.1) is 0 Å². The summed E-state index contributed by atoms with van der Waals surface area (Å²) in [4.78, 5) is 12.5. The van der Waals surface area contributed by atoms with Crippen molar-refractivity contribution >= 4 is 37.7 Å². The standard InChI is InChI=1S/C22H16BrN3O4S/c23-18-10-12-19(13-11-18)31(28,29)26-20(24)14-21(25-26)30-22(27)17-8-6-16(7-9-17)15-4-2-1-3-5-15/h1-14H,24H2. The van der Waals surface area contributed by atoms with E-state index in [1.165, 1.54) is 18.2 Å². The predicted molar refractivity (Wildman–Crippen MR) is 120 cm³/mol. The van der Waals surface area contributed by atoms with Gasteiger partial charge in [0.1, 0.15) is 5.82 Å². The van der Waals surface area contributed by atoms with Crippen molar-refractivity contribution in [2.45, 2.75) is 4.90 Å². The van der Waals surface area contributed by atoms with Crippen LogP contribution < -0.4 is 10.5 Å². The summed E-state index contributed by atoms with van der Waals surface area (Å²) >= 11 is 3.25. The van der Waals surface area contributed by atoms with Gasteiger partial charge >= 0.3 is 5.97 Å². The molecule has 3 aromatic carbocycles. The Morgan fingerprint density at radius 2 is 1.52 bits per heavy atom. The SMILES string of the molecule is Nc1cc(OC(=O)c2ccc(-c3ccccc3)cc2)nn1S(=O)(=O)c1ccc(Br)cc1. The molecule has 0 aliphatic carbocycles. The molecule has 0 radical (unpaired) electrons. The Morgan fingerprint density at radius 3 is 2.16 bits per heavy atom. The van der Waals surface area contributed by atoms with Crippen molar-refractivity contribution in [1.29, 1.82) is 0 Å². The number of benzene rings is 3. The summed E-state index contributed by atoms with van der Waals surface area (Å²) in [6.45, 7) is 0. The molecular formula is C22H16BrN3O4S. The number of nitrogens with zero attached hydrogens (tertiary/aromatic N) is 2. The molecule has 31 heavy (non-hydrogen) atoms. The zero-order chi connectivity index (χ0) is 22.0. The third-order valence-electron chi connectivity index (χ3n) is 4.45. The van der Waals surface area contributed by atoms with Gasteiger partial charge in [-0.1, -0.05) is 58.4 Å². The van der Waals surface area contributed by atoms with Crippen LogP contribution in [-0.4, -0.2) is 23.6 Å². The van der Waals surface area contributed by atoms with Gasteiger partial charge in [-0.05, 0) is 47.5 Å². The van der Waals surface area contributed by atoms with Crippen LogP contribution in [0.2, 0.25) is 0 Å². The van der Waals surface area contributed by atoms with E-state index in [0.717, 1.165) is 15.6 Å². The maximum absolute atomic E-state index is 12.8. The molecule has 4 aromatic rings. The molecule has 0 saturated carbocycles. The number of nitrogens with two attached hydrogens (primary N) is 1. The average molecular weight is 498 g/mol. The molecule has 2 N–H and O–H groups in total. The number of hydrogen-bond acceptors (Lipinski definition) is 6. The number of rotatable bonds is 5. The van der Waals surface area contributed by atoms with E-state index in [4.69, 9.17) is 10.5 Å². The first-order valence-electron chi connectivity index (χ1n) is 9.09. The van der Waals surface area contributed by atoms with Gasteiger partial charge in [0, 0.05) is 10.5 Å². The number of aromatic nitrogens is 2. The molecule has 0 aliphatic heterocycles. The van der Waals surface area contributed by atoms with Gasteiger partial charge in [0.05, 0.1) is 10.5 Å². The average Bonchev–Trinajstić information content (AvgIpc) is 3.15. The first kappa shape index (κ1) is 20.8. The monoisotopic (exact) mass is 497 g/mol. The quantitative estimate of drug-likeness (QED) is 0.411. The number of anilines is 1. The Balaban J connectivity index is 1.54. The van der Waals surface area contributed by atoms with Crippen molar-refractivity contribution in [3.63, 3.8) is 0 Å². The van der Waals surface area contributed by atoms with E-state index in [0.29, 0.717) is 9.65 Å². The lowest BCUT2D eigenvalue weighted by atomic mass is 10.0. The first-order valence-corrected chi connectivity index (χ1v) is 11.3. The van der Waals surface area contributed by atoms with Crippen LogP contribution in [0.5, 0.6) is 5.88 Å². The highest BCUT2D eigenvalue weighted by Gasteiger charge is 2.23. The highest BCUT2D eigenvalue weighted by atomic mass is 79.9. The van der Waals surface area contributed by atoms with Crippen LogP contribution >= 0.6 is 15.9 Å². The zero-order valence-corrected chi connectivity index (χ0v) is 18.4. The molecular weight excluding hydrogens is 482 g/mol. The molecule has 7 nitrogen and oxygen atoms in total. The molecule has 0 fully saturated rings. The zero-order valence-electron chi connectivity index (χ0n) is 16.0. The van der Waals surface area contributed by atoms with Gasteiger partial charge in [-0.2, -0.15) is 8.42 Å². The second-order valence-corrected chi connectivity index (χ2v) is 9.23. The maximum Gasteiger partial charge on any atom is 0.344 e. The Hall–Kier alpha value is -3.43. The molecule has 0 spiro atoms. The molecule has 0 saturated heterocycles. The first-order chi connectivity index (χ1) is 14.8. The molecule has 1 heterocycles. The number of carbonyl (C=O) groups is 1. The lowest BCUT2D eigenvalue weighted by Gasteiger charge is -2.06. The van der Waals surface area contributed by atoms with Crippen LogP contribution in [0.1, 0.15) is 10.4 Å². The number of nitrogen functional groups attached to an aromatic ring is 1. The number of ether oxygens (including phenoxy) is 1. The fraction of sp³-hybridized carbons (Fsp3) is 0. The third-order valence-corrected chi connectivity index (χ3v) is 6.59. The van der Waals surface area contributed by atoms with E-state index in [1.807, 2.05) is 30.3 Å². The van der Waals surface area contributed by atoms with Gasteiger partial charge in [-0.25, -0.2) is 4.79 Å². The van der Waals surface area contributed by atoms with Crippen LogP contribution in [0.4, 0.5) is 5.82 Å². The van der Waals surface area contributed by atoms with E-state index < -0.39 is 16.0 Å². The summed E-state index contributed by atoms with van der Waals surface area (Å²) in [5.74, 6) is -1.06. The maximum atomic E-state index is 12.8. The van der Waals surface area contributed by atoms with Crippen molar-refractivity contribution in [1.82, 2.24) is 9.19 Å². The van der Waals surface area contributed by atoms with E-state index in [9.17, 15) is 13.2 Å². The minimum absolute atomic E-state index is 0.000114. The van der Waals surface area contributed by atoms with Gasteiger partial charge in [0.2, 0.25) is 5.88 Å². The predicted octanol–water partition coefficient (Wildman–Crippen LogP) is 4.35. The second kappa shape index (κ2) is 8.37. The van der Waals surface area contributed by atoms with E-state index in [2.05, 4.69) is 21.0 Å². The third kappa shape index (κ3) is 4.37. The summed E-state index contributed by atoms with van der Waals surface area (Å²) in [7, 11) is -4.03. The molecule has 9 heteroatoms. The second-order valence-electron chi connectivity index (χ2n) is 6.54. The molecule has 0 aliphatic rings. The molecule has 0 amide bonds. The van der Waals surface area contributed by atoms with Gasteiger partial charge in [-0.3, -0.25) is 0 Å². The largest absolute Gasteiger partial charge is 0.402 e. The highest BCUT2D eigenvalue weighted by Crippen LogP contribution is 2.24. The van der Waals surface area contributed by atoms with Crippen LogP contribution in [0.15, 0.2) is 94.3 Å². The number of halogens is 1. The highest BCUT2D eigenvalue weighted by molar-refractivity contribution is 9.10. The molecule has 0 atom stereocenters. The van der Waals surface area contributed by atoms with Crippen LogP contribution in [0.3, 0.4) is 0 Å². The lowest BCUT2D eigenvalue weighted by molar-refractivity contribution is 0.0727. The Bertz CT molecular complexity index is 1330. The van der Waals surface area contributed by atoms with Crippen LogP contribution in [0.25, 0.3) is 11.1 Å².